The Morgan fingerprint density at radius 1 is 1.38 bits per heavy atom. The van der Waals surface area contributed by atoms with Gasteiger partial charge in [0.1, 0.15) is 5.69 Å². The predicted molar refractivity (Wildman–Crippen MR) is 83.9 cm³/mol. The summed E-state index contributed by atoms with van der Waals surface area (Å²) in [5.41, 5.74) is 4.49. The minimum absolute atomic E-state index is 0.0410. The Morgan fingerprint density at radius 3 is 2.76 bits per heavy atom. The van der Waals surface area contributed by atoms with E-state index in [0.717, 1.165) is 30.2 Å². The summed E-state index contributed by atoms with van der Waals surface area (Å²) in [5.74, 6) is 5.44. The lowest BCUT2D eigenvalue weighted by molar-refractivity contribution is 0.0815. The second-order valence-corrected chi connectivity index (χ2v) is 5.66. The molecule has 1 aliphatic carbocycles. The zero-order valence-corrected chi connectivity index (χ0v) is 12.1. The minimum atomic E-state index is -0.126. The first-order chi connectivity index (χ1) is 10.2. The van der Waals surface area contributed by atoms with Crippen molar-refractivity contribution < 1.29 is 4.79 Å². The number of amides is 1. The van der Waals surface area contributed by atoms with Crippen LogP contribution in [0.15, 0.2) is 30.3 Å². The molecule has 5 nitrogen and oxygen atoms in total. The average Bonchev–Trinajstić information content (AvgIpc) is 2.49. The van der Waals surface area contributed by atoms with Gasteiger partial charge in [0.15, 0.2) is 0 Å². The zero-order chi connectivity index (χ0) is 14.9. The Balaban J connectivity index is 1.94. The number of fused-ring (bicyclic) bond motifs is 1. The number of nitrogen functional groups attached to an aromatic ring is 1. The maximum absolute atomic E-state index is 12.5. The van der Waals surface area contributed by atoms with Crippen molar-refractivity contribution in [2.45, 2.75) is 38.1 Å². The number of benzene rings is 1. The molecular formula is C16H20N4O. The van der Waals surface area contributed by atoms with Crippen molar-refractivity contribution in [2.75, 3.05) is 5.43 Å². The van der Waals surface area contributed by atoms with Crippen LogP contribution >= 0.6 is 0 Å². The third-order valence-electron chi connectivity index (χ3n) is 4.47. The normalized spacial score (nSPS) is 16.3. The molecule has 0 atom stereocenters. The lowest BCUT2D eigenvalue weighted by atomic mass is 9.75. The summed E-state index contributed by atoms with van der Waals surface area (Å²) in [7, 11) is 0. The summed E-state index contributed by atoms with van der Waals surface area (Å²) >= 11 is 0. The molecule has 1 aromatic heterocycles. The van der Waals surface area contributed by atoms with Crippen LogP contribution < -0.4 is 16.6 Å². The monoisotopic (exact) mass is 284 g/mol. The Labute approximate surface area is 123 Å². The number of carbonyl (C=O) groups excluding carboxylic acids is 1. The number of aromatic nitrogens is 1. The smallest absolute Gasteiger partial charge is 0.270 e. The number of hydrazine groups is 1. The molecule has 1 saturated carbocycles. The molecule has 0 saturated heterocycles. The maximum atomic E-state index is 12.5. The van der Waals surface area contributed by atoms with Crippen LogP contribution in [-0.2, 0) is 0 Å². The number of anilines is 1. The molecule has 0 bridgehead atoms. The van der Waals surface area contributed by atoms with E-state index in [-0.39, 0.29) is 11.4 Å². The van der Waals surface area contributed by atoms with Gasteiger partial charge < -0.3 is 10.7 Å². The highest BCUT2D eigenvalue weighted by atomic mass is 16.2. The van der Waals surface area contributed by atoms with E-state index in [9.17, 15) is 4.79 Å². The number of nitrogens with zero attached hydrogens (tertiary/aromatic N) is 1. The Kier molecular flexibility index (Phi) is 3.51. The lowest BCUT2D eigenvalue weighted by Gasteiger charge is -2.41. The van der Waals surface area contributed by atoms with Crippen LogP contribution in [0.1, 0.15) is 43.1 Å². The molecule has 0 aliphatic heterocycles. The molecule has 1 aliphatic rings. The number of rotatable bonds is 4. The van der Waals surface area contributed by atoms with Crippen LogP contribution in [-0.4, -0.2) is 16.4 Å². The van der Waals surface area contributed by atoms with Crippen molar-refractivity contribution >= 4 is 22.5 Å². The van der Waals surface area contributed by atoms with Gasteiger partial charge in [-0.2, -0.15) is 0 Å². The summed E-state index contributed by atoms with van der Waals surface area (Å²) in [6, 6.07) is 9.34. The van der Waals surface area contributed by atoms with Gasteiger partial charge in [-0.25, -0.2) is 4.98 Å². The first kappa shape index (κ1) is 13.8. The second kappa shape index (κ2) is 5.33. The van der Waals surface area contributed by atoms with Crippen LogP contribution in [0.4, 0.5) is 5.69 Å². The quantitative estimate of drug-likeness (QED) is 0.595. The van der Waals surface area contributed by atoms with Gasteiger partial charge in [0.05, 0.1) is 11.2 Å². The summed E-state index contributed by atoms with van der Waals surface area (Å²) in [6.07, 6.45) is 4.22. The van der Waals surface area contributed by atoms with Gasteiger partial charge in [-0.3, -0.25) is 10.6 Å². The fourth-order valence-electron chi connectivity index (χ4n) is 2.89. The van der Waals surface area contributed by atoms with E-state index < -0.39 is 0 Å². The standard InChI is InChI=1S/C16H20N4O/c1-2-16(8-5-9-16)19-15(21)14-10-13(20-17)11-6-3-4-7-12(11)18-14/h3-4,6-7,10H,2,5,8-9,17H2,1H3,(H,18,20)(H,19,21). The third kappa shape index (κ3) is 2.45. The molecule has 0 radical (unpaired) electrons. The topological polar surface area (TPSA) is 80.0 Å². The van der Waals surface area contributed by atoms with Crippen LogP contribution in [0.25, 0.3) is 10.9 Å². The van der Waals surface area contributed by atoms with E-state index in [4.69, 9.17) is 5.84 Å². The summed E-state index contributed by atoms with van der Waals surface area (Å²) < 4.78 is 0. The van der Waals surface area contributed by atoms with Crippen molar-refractivity contribution in [1.29, 1.82) is 0 Å². The van der Waals surface area contributed by atoms with Crippen LogP contribution in [0.2, 0.25) is 0 Å². The first-order valence-corrected chi connectivity index (χ1v) is 7.36. The Morgan fingerprint density at radius 2 is 2.14 bits per heavy atom. The highest BCUT2D eigenvalue weighted by molar-refractivity contribution is 5.99. The molecule has 3 rings (SSSR count). The first-order valence-electron chi connectivity index (χ1n) is 7.36. The van der Waals surface area contributed by atoms with Crippen LogP contribution in [0, 0.1) is 0 Å². The summed E-state index contributed by atoms with van der Waals surface area (Å²) in [6.45, 7) is 2.11. The van der Waals surface area contributed by atoms with E-state index in [1.54, 1.807) is 6.07 Å². The number of nitrogens with one attached hydrogen (secondary N) is 2. The Hall–Kier alpha value is -2.14. The van der Waals surface area contributed by atoms with E-state index in [1.807, 2.05) is 24.3 Å². The van der Waals surface area contributed by atoms with Crippen molar-refractivity contribution in [3.8, 4) is 0 Å². The minimum Gasteiger partial charge on any atom is -0.345 e. The fraction of sp³-hybridized carbons (Fsp3) is 0.375. The number of para-hydroxylation sites is 1. The van der Waals surface area contributed by atoms with Gasteiger partial charge in [-0.15, -0.1) is 0 Å². The predicted octanol–water partition coefficient (Wildman–Crippen LogP) is 2.58. The van der Waals surface area contributed by atoms with Crippen LogP contribution in [0.5, 0.6) is 0 Å². The number of nitrogens with two attached hydrogens (primary N) is 1. The third-order valence-corrected chi connectivity index (χ3v) is 4.47. The molecule has 0 unspecified atom stereocenters. The molecule has 0 spiro atoms. The summed E-state index contributed by atoms with van der Waals surface area (Å²) in [4.78, 5) is 16.9. The van der Waals surface area contributed by atoms with Gasteiger partial charge >= 0.3 is 0 Å². The highest BCUT2D eigenvalue weighted by Crippen LogP contribution is 2.35. The molecule has 1 heterocycles. The van der Waals surface area contributed by atoms with Gasteiger partial charge in [0, 0.05) is 10.9 Å². The van der Waals surface area contributed by atoms with Crippen LogP contribution in [0.3, 0.4) is 0 Å². The SMILES string of the molecule is CCC1(NC(=O)c2cc(NN)c3ccccc3n2)CCC1. The molecule has 21 heavy (non-hydrogen) atoms. The van der Waals surface area contributed by atoms with Gasteiger partial charge in [0.25, 0.3) is 5.91 Å². The lowest BCUT2D eigenvalue weighted by Crippen LogP contribution is -2.53. The fourth-order valence-corrected chi connectivity index (χ4v) is 2.89. The molecule has 2 aromatic rings. The number of pyridine rings is 1. The van der Waals surface area contributed by atoms with E-state index in [2.05, 4.69) is 22.7 Å². The summed E-state index contributed by atoms with van der Waals surface area (Å²) in [5, 5.41) is 4.05. The molecule has 1 aromatic carbocycles. The van der Waals surface area contributed by atoms with Crippen molar-refractivity contribution in [1.82, 2.24) is 10.3 Å². The van der Waals surface area contributed by atoms with E-state index in [0.29, 0.717) is 11.4 Å². The van der Waals surface area contributed by atoms with E-state index >= 15 is 0 Å². The van der Waals surface area contributed by atoms with Gasteiger partial charge in [-0.05, 0) is 37.8 Å². The molecule has 5 heteroatoms. The van der Waals surface area contributed by atoms with Crippen molar-refractivity contribution in [3.63, 3.8) is 0 Å². The largest absolute Gasteiger partial charge is 0.345 e. The molecule has 1 fully saturated rings. The van der Waals surface area contributed by atoms with Gasteiger partial charge in [-0.1, -0.05) is 25.1 Å². The van der Waals surface area contributed by atoms with Gasteiger partial charge in [0.2, 0.25) is 0 Å². The number of carbonyl (C=O) groups is 1. The molecular weight excluding hydrogens is 264 g/mol. The number of hydrogen-bond acceptors (Lipinski definition) is 4. The van der Waals surface area contributed by atoms with Crippen molar-refractivity contribution in [3.05, 3.63) is 36.0 Å². The van der Waals surface area contributed by atoms with E-state index in [1.165, 1.54) is 6.42 Å². The molecule has 1 amide bonds. The van der Waals surface area contributed by atoms with Crippen molar-refractivity contribution in [2.24, 2.45) is 5.84 Å². The molecule has 4 N–H and O–H groups in total. The Bertz CT molecular complexity index is 674. The second-order valence-electron chi connectivity index (χ2n) is 5.66. The number of hydrogen-bond donors (Lipinski definition) is 3. The molecule has 110 valence electrons. The zero-order valence-electron chi connectivity index (χ0n) is 12.1. The maximum Gasteiger partial charge on any atom is 0.270 e. The average molecular weight is 284 g/mol. The highest BCUT2D eigenvalue weighted by Gasteiger charge is 2.36.